The summed E-state index contributed by atoms with van der Waals surface area (Å²) >= 11 is 0. The third-order valence-corrected chi connectivity index (χ3v) is 8.82. The van der Waals surface area contributed by atoms with Gasteiger partial charge in [0.25, 0.3) is 10.0 Å². The number of oxazole rings is 1. The molecular weight excluding hydrogens is 549 g/mol. The average molecular weight is 575 g/mol. The molecule has 1 aliphatic carbocycles. The molecule has 3 aromatic rings. The summed E-state index contributed by atoms with van der Waals surface area (Å²) in [5.41, 5.74) is 0.715. The molecule has 0 fully saturated rings. The Morgan fingerprint density at radius 1 is 1.18 bits per heavy atom. The number of anilines is 1. The Labute approximate surface area is 228 Å². The number of rotatable bonds is 7. The first-order valence-corrected chi connectivity index (χ1v) is 13.8. The summed E-state index contributed by atoms with van der Waals surface area (Å²) in [4.78, 5) is 16.2. The van der Waals surface area contributed by atoms with Crippen molar-refractivity contribution in [3.63, 3.8) is 0 Å². The Bertz CT molecular complexity index is 1610. The predicted molar refractivity (Wildman–Crippen MR) is 138 cm³/mol. The summed E-state index contributed by atoms with van der Waals surface area (Å²) < 4.78 is 78.3. The summed E-state index contributed by atoms with van der Waals surface area (Å²) in [5, 5.41) is 9.66. The van der Waals surface area contributed by atoms with Crippen LogP contribution in [0.2, 0.25) is 0 Å². The lowest BCUT2D eigenvalue weighted by Crippen LogP contribution is -2.42. The van der Waals surface area contributed by atoms with Crippen LogP contribution in [-0.2, 0) is 27.8 Å². The second kappa shape index (κ2) is 10.2. The van der Waals surface area contributed by atoms with Crippen molar-refractivity contribution >= 4 is 21.7 Å². The lowest BCUT2D eigenvalue weighted by Gasteiger charge is -2.24. The van der Waals surface area contributed by atoms with Crippen molar-refractivity contribution < 1.29 is 40.6 Å². The van der Waals surface area contributed by atoms with Crippen molar-refractivity contribution in [2.24, 2.45) is 5.92 Å². The van der Waals surface area contributed by atoms with Gasteiger partial charge in [-0.05, 0) is 48.7 Å². The first kappa shape index (κ1) is 27.5. The summed E-state index contributed by atoms with van der Waals surface area (Å²) in [6.45, 7) is 3.31. The Balaban J connectivity index is 1.29. The van der Waals surface area contributed by atoms with Crippen molar-refractivity contribution in [1.29, 1.82) is 0 Å². The Morgan fingerprint density at radius 3 is 2.52 bits per heavy atom. The van der Waals surface area contributed by atoms with Gasteiger partial charge >= 0.3 is 12.1 Å². The summed E-state index contributed by atoms with van der Waals surface area (Å²) in [6, 6.07) is 11.0. The molecule has 2 aliphatic rings. The molecule has 0 spiro atoms. The molecule has 5 rings (SSSR count). The van der Waals surface area contributed by atoms with Crippen LogP contribution in [0.3, 0.4) is 0 Å². The molecule has 2 unspecified atom stereocenters. The number of sulfonamides is 1. The SMILES string of the molecule is Cc1oc(C2C=CC(C(F)(F)F)=CC2C)nc1COc1ccc(S(=O)(=O)N2c3ccccc3C[C@H]2C(=O)O)cc1. The van der Waals surface area contributed by atoms with Gasteiger partial charge in [-0.1, -0.05) is 43.4 Å². The molecule has 210 valence electrons. The number of para-hydroxylation sites is 1. The van der Waals surface area contributed by atoms with Gasteiger partial charge in [-0.2, -0.15) is 13.2 Å². The van der Waals surface area contributed by atoms with E-state index in [4.69, 9.17) is 9.15 Å². The number of aromatic nitrogens is 1. The van der Waals surface area contributed by atoms with Crippen molar-refractivity contribution in [2.45, 2.75) is 49.9 Å². The zero-order valence-corrected chi connectivity index (χ0v) is 22.2. The van der Waals surface area contributed by atoms with E-state index in [1.54, 1.807) is 38.1 Å². The number of hydrogen-bond donors (Lipinski definition) is 1. The maximum atomic E-state index is 13.4. The first-order chi connectivity index (χ1) is 18.9. The zero-order chi connectivity index (χ0) is 28.8. The van der Waals surface area contributed by atoms with Crippen LogP contribution in [0.4, 0.5) is 18.9 Å². The molecule has 1 aromatic heterocycles. The van der Waals surface area contributed by atoms with Crippen molar-refractivity contribution in [1.82, 2.24) is 4.98 Å². The molecule has 12 heteroatoms. The number of aryl methyl sites for hydroxylation is 1. The first-order valence-electron chi connectivity index (χ1n) is 12.4. The summed E-state index contributed by atoms with van der Waals surface area (Å²) in [7, 11) is -4.18. The highest BCUT2D eigenvalue weighted by Crippen LogP contribution is 2.39. The predicted octanol–water partition coefficient (Wildman–Crippen LogP) is 5.54. The van der Waals surface area contributed by atoms with Gasteiger partial charge in [0.15, 0.2) is 0 Å². The number of allylic oxidation sites excluding steroid dienone is 4. The van der Waals surface area contributed by atoms with Gasteiger partial charge in [-0.3, -0.25) is 4.31 Å². The molecule has 0 saturated heterocycles. The molecule has 0 bridgehead atoms. The largest absolute Gasteiger partial charge is 0.487 e. The number of nitrogens with zero attached hydrogens (tertiary/aromatic N) is 2. The summed E-state index contributed by atoms with van der Waals surface area (Å²) in [6.07, 6.45) is -0.756. The topological polar surface area (TPSA) is 110 Å². The van der Waals surface area contributed by atoms with E-state index in [1.807, 2.05) is 0 Å². The monoisotopic (exact) mass is 574 g/mol. The lowest BCUT2D eigenvalue weighted by molar-refractivity contribution is -0.138. The smallest absolute Gasteiger partial charge is 0.416 e. The number of carboxylic acids is 1. The van der Waals surface area contributed by atoms with Crippen LogP contribution in [0.1, 0.15) is 35.7 Å². The highest BCUT2D eigenvalue weighted by atomic mass is 32.2. The maximum absolute atomic E-state index is 13.4. The lowest BCUT2D eigenvalue weighted by atomic mass is 9.87. The van der Waals surface area contributed by atoms with E-state index >= 15 is 0 Å². The number of hydrogen-bond acceptors (Lipinski definition) is 6. The van der Waals surface area contributed by atoms with Crippen LogP contribution in [-0.4, -0.2) is 36.7 Å². The second-order valence-corrected chi connectivity index (χ2v) is 11.5. The zero-order valence-electron chi connectivity index (χ0n) is 21.4. The third-order valence-electron chi connectivity index (χ3n) is 6.98. The van der Waals surface area contributed by atoms with Gasteiger partial charge in [-0.15, -0.1) is 0 Å². The van der Waals surface area contributed by atoms with E-state index in [0.29, 0.717) is 28.5 Å². The van der Waals surface area contributed by atoms with Crippen molar-refractivity contribution in [2.75, 3.05) is 4.31 Å². The third kappa shape index (κ3) is 5.10. The standard InChI is InChI=1S/C28H25F3N2O6S/c1-16-13-19(28(29,30)31)7-12-22(16)26-32-23(17(2)39-26)15-38-20-8-10-21(11-9-20)40(36,37)33-24-6-4-3-5-18(24)14-25(33)27(34)35/h3-13,16,22,25H,14-15H2,1-2H3,(H,34,35)/t16?,22?,25-/m0/s1. The molecule has 0 amide bonds. The van der Waals surface area contributed by atoms with E-state index in [0.717, 1.165) is 16.5 Å². The fourth-order valence-electron chi connectivity index (χ4n) is 4.86. The average Bonchev–Trinajstić information content (AvgIpc) is 3.48. The Hall–Kier alpha value is -4.06. The minimum Gasteiger partial charge on any atom is -0.487 e. The van der Waals surface area contributed by atoms with Crippen molar-refractivity contribution in [3.05, 3.63) is 95.2 Å². The van der Waals surface area contributed by atoms with Crippen LogP contribution < -0.4 is 9.04 Å². The highest BCUT2D eigenvalue weighted by Gasteiger charge is 2.42. The quantitative estimate of drug-likeness (QED) is 0.394. The molecule has 0 radical (unpaired) electrons. The van der Waals surface area contributed by atoms with E-state index in [9.17, 15) is 31.5 Å². The van der Waals surface area contributed by atoms with Crippen LogP contribution in [0.25, 0.3) is 0 Å². The number of ether oxygens (including phenoxy) is 1. The normalized spacial score (nSPS) is 20.8. The molecule has 1 aliphatic heterocycles. The fraction of sp³-hybridized carbons (Fsp3) is 0.286. The Kier molecular flexibility index (Phi) is 6.99. The molecule has 8 nitrogen and oxygen atoms in total. The van der Waals surface area contributed by atoms with Crippen molar-refractivity contribution in [3.8, 4) is 5.75 Å². The van der Waals surface area contributed by atoms with E-state index in [-0.39, 0.29) is 23.8 Å². The summed E-state index contributed by atoms with van der Waals surface area (Å²) in [5.74, 6) is -1.12. The van der Waals surface area contributed by atoms with Gasteiger partial charge in [0.1, 0.15) is 29.9 Å². The van der Waals surface area contributed by atoms with E-state index < -0.39 is 45.6 Å². The van der Waals surface area contributed by atoms with Gasteiger partial charge in [-0.25, -0.2) is 18.2 Å². The minimum atomic E-state index is -4.42. The molecule has 3 atom stereocenters. The van der Waals surface area contributed by atoms with Gasteiger partial charge in [0.2, 0.25) is 5.89 Å². The second-order valence-electron chi connectivity index (χ2n) is 9.67. The number of benzene rings is 2. The number of aliphatic carboxylic acids is 1. The Morgan fingerprint density at radius 2 is 1.88 bits per heavy atom. The number of carboxylic acid groups (broad SMARTS) is 1. The van der Waals surface area contributed by atoms with Crippen LogP contribution in [0.15, 0.2) is 81.6 Å². The molecular formula is C28H25F3N2O6S. The molecule has 40 heavy (non-hydrogen) atoms. The van der Waals surface area contributed by atoms with E-state index in [2.05, 4.69) is 4.98 Å². The molecule has 2 heterocycles. The maximum Gasteiger partial charge on any atom is 0.416 e. The number of halogens is 3. The van der Waals surface area contributed by atoms with Gasteiger partial charge in [0, 0.05) is 6.42 Å². The highest BCUT2D eigenvalue weighted by molar-refractivity contribution is 7.93. The fourth-order valence-corrected chi connectivity index (χ4v) is 6.51. The minimum absolute atomic E-state index is 0.0174. The number of alkyl halides is 3. The van der Waals surface area contributed by atoms with Crippen LogP contribution in [0.5, 0.6) is 5.75 Å². The molecule has 2 aromatic carbocycles. The molecule has 0 saturated carbocycles. The van der Waals surface area contributed by atoms with Gasteiger partial charge in [0.05, 0.1) is 22.1 Å². The van der Waals surface area contributed by atoms with Gasteiger partial charge < -0.3 is 14.3 Å². The number of carbonyl (C=O) groups is 1. The van der Waals surface area contributed by atoms with Crippen LogP contribution >= 0.6 is 0 Å². The van der Waals surface area contributed by atoms with E-state index in [1.165, 1.54) is 30.3 Å². The molecule has 1 N–H and O–H groups in total. The number of fused-ring (bicyclic) bond motifs is 1. The van der Waals surface area contributed by atoms with Crippen LogP contribution in [0, 0.1) is 12.8 Å².